The van der Waals surface area contributed by atoms with Crippen molar-refractivity contribution in [1.29, 1.82) is 0 Å². The average molecular weight is 304 g/mol. The number of halogens is 1. The predicted molar refractivity (Wildman–Crippen MR) is 88.9 cm³/mol. The van der Waals surface area contributed by atoms with Crippen LogP contribution in [0.5, 0.6) is 5.75 Å². The van der Waals surface area contributed by atoms with Gasteiger partial charge in [0.25, 0.3) is 0 Å². The molecule has 0 heterocycles. The summed E-state index contributed by atoms with van der Waals surface area (Å²) < 4.78 is 6.17. The topological polar surface area (TPSA) is 35.2 Å². The van der Waals surface area contributed by atoms with Crippen molar-refractivity contribution in [2.24, 2.45) is 5.73 Å². The molecule has 0 aliphatic heterocycles. The molecule has 0 aromatic heterocycles. The minimum Gasteiger partial charge on any atom is -0.484 e. The molecule has 0 radical (unpaired) electrons. The molecule has 0 bridgehead atoms. The van der Waals surface area contributed by atoms with Gasteiger partial charge in [0.1, 0.15) is 11.9 Å². The highest BCUT2D eigenvalue weighted by Crippen LogP contribution is 2.30. The third-order valence-electron chi connectivity index (χ3n) is 3.64. The first-order valence-corrected chi connectivity index (χ1v) is 7.79. The lowest BCUT2D eigenvalue weighted by atomic mass is 10.0. The molecule has 2 aromatic rings. The van der Waals surface area contributed by atoms with Crippen LogP contribution in [0, 0.1) is 0 Å². The molecular formula is C18H22ClNO. The van der Waals surface area contributed by atoms with E-state index in [0.29, 0.717) is 5.02 Å². The Morgan fingerprint density at radius 3 is 2.52 bits per heavy atom. The van der Waals surface area contributed by atoms with E-state index in [1.807, 2.05) is 36.4 Å². The van der Waals surface area contributed by atoms with Gasteiger partial charge in [-0.3, -0.25) is 0 Å². The van der Waals surface area contributed by atoms with E-state index in [9.17, 15) is 0 Å². The summed E-state index contributed by atoms with van der Waals surface area (Å²) in [5.41, 5.74) is 8.44. The van der Waals surface area contributed by atoms with Crippen LogP contribution >= 0.6 is 11.6 Å². The highest BCUT2D eigenvalue weighted by atomic mass is 35.5. The molecular weight excluding hydrogens is 282 g/mol. The Bertz CT molecular complexity index is 585. The Morgan fingerprint density at radius 1 is 1.10 bits per heavy atom. The van der Waals surface area contributed by atoms with E-state index >= 15 is 0 Å². The van der Waals surface area contributed by atoms with E-state index in [1.54, 1.807) is 0 Å². The molecule has 2 N–H and O–H groups in total. The molecule has 112 valence electrons. The average Bonchev–Trinajstić information content (AvgIpc) is 2.53. The highest BCUT2D eigenvalue weighted by molar-refractivity contribution is 6.31. The maximum absolute atomic E-state index is 6.31. The summed E-state index contributed by atoms with van der Waals surface area (Å²) >= 11 is 6.31. The minimum absolute atomic E-state index is 0.102. The van der Waals surface area contributed by atoms with E-state index in [4.69, 9.17) is 22.1 Å². The van der Waals surface area contributed by atoms with Crippen molar-refractivity contribution in [3.05, 3.63) is 64.7 Å². The van der Waals surface area contributed by atoms with E-state index in [0.717, 1.165) is 24.2 Å². The van der Waals surface area contributed by atoms with Gasteiger partial charge in [0.05, 0.1) is 0 Å². The van der Waals surface area contributed by atoms with Crippen molar-refractivity contribution in [3.8, 4) is 5.75 Å². The van der Waals surface area contributed by atoms with Gasteiger partial charge in [0.2, 0.25) is 0 Å². The largest absolute Gasteiger partial charge is 0.484 e. The summed E-state index contributed by atoms with van der Waals surface area (Å²) in [6, 6.07) is 15.8. The first-order valence-electron chi connectivity index (χ1n) is 7.41. The standard InChI is InChI=1S/C18H22ClNO/c1-3-13-8-7-9-14(12-13)21-18(17(20)4-2)15-10-5-6-11-16(15)19/h5-12,17-18H,3-4,20H2,1-2H3. The molecule has 0 spiro atoms. The molecule has 0 saturated heterocycles. The van der Waals surface area contributed by atoms with Crippen LogP contribution in [-0.2, 0) is 6.42 Å². The molecule has 3 heteroatoms. The third-order valence-corrected chi connectivity index (χ3v) is 3.99. The molecule has 0 aliphatic rings. The highest BCUT2D eigenvalue weighted by Gasteiger charge is 2.22. The van der Waals surface area contributed by atoms with Crippen LogP contribution in [0.3, 0.4) is 0 Å². The Kier molecular flexibility index (Phi) is 5.66. The van der Waals surface area contributed by atoms with Gasteiger partial charge in [0.15, 0.2) is 0 Å². The van der Waals surface area contributed by atoms with Crippen LogP contribution in [0.15, 0.2) is 48.5 Å². The zero-order valence-corrected chi connectivity index (χ0v) is 13.3. The SMILES string of the molecule is CCc1cccc(OC(c2ccccc2Cl)C(N)CC)c1. The molecule has 2 aromatic carbocycles. The van der Waals surface area contributed by atoms with Gasteiger partial charge < -0.3 is 10.5 Å². The molecule has 0 fully saturated rings. The van der Waals surface area contributed by atoms with Crippen LogP contribution in [0.4, 0.5) is 0 Å². The Labute approximate surface area is 131 Å². The van der Waals surface area contributed by atoms with Gasteiger partial charge in [-0.25, -0.2) is 0 Å². The molecule has 21 heavy (non-hydrogen) atoms. The number of hydrogen-bond acceptors (Lipinski definition) is 2. The van der Waals surface area contributed by atoms with Gasteiger partial charge in [-0.15, -0.1) is 0 Å². The summed E-state index contributed by atoms with van der Waals surface area (Å²) in [6.45, 7) is 4.18. The van der Waals surface area contributed by atoms with E-state index < -0.39 is 0 Å². The Hall–Kier alpha value is -1.51. The number of nitrogens with two attached hydrogens (primary N) is 1. The van der Waals surface area contributed by atoms with Crippen LogP contribution in [-0.4, -0.2) is 6.04 Å². The lowest BCUT2D eigenvalue weighted by Gasteiger charge is -2.25. The second kappa shape index (κ2) is 7.48. The monoisotopic (exact) mass is 303 g/mol. The predicted octanol–water partition coefficient (Wildman–Crippen LogP) is 4.76. The van der Waals surface area contributed by atoms with Crippen LogP contribution < -0.4 is 10.5 Å². The van der Waals surface area contributed by atoms with Gasteiger partial charge >= 0.3 is 0 Å². The van der Waals surface area contributed by atoms with Crippen LogP contribution in [0.2, 0.25) is 5.02 Å². The molecule has 2 unspecified atom stereocenters. The number of aryl methyl sites for hydroxylation is 1. The van der Waals surface area contributed by atoms with Crippen molar-refractivity contribution in [2.45, 2.75) is 38.8 Å². The summed E-state index contributed by atoms with van der Waals surface area (Å²) in [5.74, 6) is 0.836. The first-order chi connectivity index (χ1) is 10.2. The second-order valence-corrected chi connectivity index (χ2v) is 5.54. The van der Waals surface area contributed by atoms with Crippen molar-refractivity contribution in [1.82, 2.24) is 0 Å². The molecule has 2 atom stereocenters. The zero-order chi connectivity index (χ0) is 15.2. The number of benzene rings is 2. The fourth-order valence-corrected chi connectivity index (χ4v) is 2.53. The number of rotatable bonds is 6. The normalized spacial score (nSPS) is 13.7. The van der Waals surface area contributed by atoms with Gasteiger partial charge in [-0.2, -0.15) is 0 Å². The summed E-state index contributed by atoms with van der Waals surface area (Å²) in [6.07, 6.45) is 1.56. The van der Waals surface area contributed by atoms with E-state index in [-0.39, 0.29) is 12.1 Å². The van der Waals surface area contributed by atoms with Gasteiger partial charge in [-0.05, 0) is 36.6 Å². The van der Waals surface area contributed by atoms with Crippen molar-refractivity contribution in [2.75, 3.05) is 0 Å². The smallest absolute Gasteiger partial charge is 0.140 e. The van der Waals surface area contributed by atoms with Crippen LogP contribution in [0.25, 0.3) is 0 Å². The molecule has 2 nitrogen and oxygen atoms in total. The van der Waals surface area contributed by atoms with E-state index in [2.05, 4.69) is 26.0 Å². The number of hydrogen-bond donors (Lipinski definition) is 1. The van der Waals surface area contributed by atoms with Gasteiger partial charge in [0, 0.05) is 16.6 Å². The lowest BCUT2D eigenvalue weighted by Crippen LogP contribution is -2.31. The first kappa shape index (κ1) is 15.9. The molecule has 0 aliphatic carbocycles. The number of ether oxygens (including phenoxy) is 1. The fourth-order valence-electron chi connectivity index (χ4n) is 2.29. The molecule has 2 rings (SSSR count). The van der Waals surface area contributed by atoms with Crippen LogP contribution in [0.1, 0.15) is 37.5 Å². The summed E-state index contributed by atoms with van der Waals surface area (Å²) in [5, 5.41) is 0.693. The quantitative estimate of drug-likeness (QED) is 0.835. The maximum atomic E-state index is 6.31. The van der Waals surface area contributed by atoms with Crippen molar-refractivity contribution < 1.29 is 4.74 Å². The Morgan fingerprint density at radius 2 is 1.86 bits per heavy atom. The van der Waals surface area contributed by atoms with E-state index in [1.165, 1.54) is 5.56 Å². The minimum atomic E-state index is -0.240. The second-order valence-electron chi connectivity index (χ2n) is 5.13. The van der Waals surface area contributed by atoms with Crippen molar-refractivity contribution in [3.63, 3.8) is 0 Å². The maximum Gasteiger partial charge on any atom is 0.140 e. The Balaban J connectivity index is 2.31. The summed E-state index contributed by atoms with van der Waals surface area (Å²) in [4.78, 5) is 0. The van der Waals surface area contributed by atoms with Crippen molar-refractivity contribution >= 4 is 11.6 Å². The fraction of sp³-hybridized carbons (Fsp3) is 0.333. The lowest BCUT2D eigenvalue weighted by molar-refractivity contribution is 0.171. The summed E-state index contributed by atoms with van der Waals surface area (Å²) in [7, 11) is 0. The molecule has 0 amide bonds. The zero-order valence-electron chi connectivity index (χ0n) is 12.6. The third kappa shape index (κ3) is 3.99. The van der Waals surface area contributed by atoms with Gasteiger partial charge in [-0.1, -0.05) is 55.8 Å². The molecule has 0 saturated carbocycles.